The molecule has 4 rings (SSSR count). The number of fused-ring (bicyclic) bond motifs is 1. The summed E-state index contributed by atoms with van der Waals surface area (Å²) in [7, 11) is 0. The van der Waals surface area contributed by atoms with Gasteiger partial charge in [-0.15, -0.1) is 0 Å². The number of amides is 1. The molecule has 1 aliphatic rings. The maximum atomic E-state index is 14.1. The highest BCUT2D eigenvalue weighted by atomic mass is 79.9. The number of alkyl halides is 2. The van der Waals surface area contributed by atoms with Crippen LogP contribution >= 0.6 is 15.9 Å². The molecule has 1 amide bonds. The van der Waals surface area contributed by atoms with Gasteiger partial charge in [0.1, 0.15) is 23.5 Å². The van der Waals surface area contributed by atoms with Gasteiger partial charge in [-0.3, -0.25) is 14.9 Å². The highest BCUT2D eigenvalue weighted by Crippen LogP contribution is 2.38. The number of halogens is 3. The number of carbonyl (C=O) groups excluding carboxylic acids is 1. The lowest BCUT2D eigenvalue weighted by molar-refractivity contribution is -0.00274. The number of H-pyrrole nitrogens is 1. The van der Waals surface area contributed by atoms with Crippen molar-refractivity contribution in [2.45, 2.75) is 44.8 Å². The molecule has 3 aromatic rings. The summed E-state index contributed by atoms with van der Waals surface area (Å²) >= 11 is 3.57. The molecule has 0 unspecified atom stereocenters. The van der Waals surface area contributed by atoms with E-state index in [4.69, 9.17) is 9.47 Å². The molecule has 3 aromatic heterocycles. The van der Waals surface area contributed by atoms with Crippen molar-refractivity contribution in [1.29, 1.82) is 0 Å². The molecule has 0 bridgehead atoms. The molecule has 10 heteroatoms. The largest absolute Gasteiger partial charge is 0.489 e. The van der Waals surface area contributed by atoms with Crippen LogP contribution in [-0.4, -0.2) is 56.7 Å². The van der Waals surface area contributed by atoms with Gasteiger partial charge in [0.05, 0.1) is 34.5 Å². The Hall–Kier alpha value is -2.75. The number of nitrogens with one attached hydrogen (secondary N) is 1. The molecule has 0 aliphatic carbocycles. The Morgan fingerprint density at radius 3 is 2.84 bits per heavy atom. The molecular formula is C22H23BrF2N4O3. The third-order valence-corrected chi connectivity index (χ3v) is 5.76. The molecule has 0 spiro atoms. The van der Waals surface area contributed by atoms with Crippen molar-refractivity contribution >= 4 is 33.1 Å². The van der Waals surface area contributed by atoms with E-state index in [9.17, 15) is 13.6 Å². The molecule has 4 heterocycles. The molecule has 32 heavy (non-hydrogen) atoms. The lowest BCUT2D eigenvalue weighted by Gasteiger charge is -2.28. The summed E-state index contributed by atoms with van der Waals surface area (Å²) in [6.07, 6.45) is 3.55. The Morgan fingerprint density at radius 2 is 2.12 bits per heavy atom. The molecule has 1 aliphatic heterocycles. The fraction of sp³-hybridized carbons (Fsp3) is 0.409. The van der Waals surface area contributed by atoms with Crippen molar-refractivity contribution < 1.29 is 23.0 Å². The topological polar surface area (TPSA) is 80.3 Å². The van der Waals surface area contributed by atoms with Crippen LogP contribution in [0.5, 0.6) is 5.75 Å². The highest BCUT2D eigenvalue weighted by Gasteiger charge is 2.48. The fourth-order valence-corrected chi connectivity index (χ4v) is 4.27. The molecule has 1 fully saturated rings. The van der Waals surface area contributed by atoms with Crippen molar-refractivity contribution in [3.63, 3.8) is 0 Å². The first-order valence-corrected chi connectivity index (χ1v) is 10.9. The van der Waals surface area contributed by atoms with Crippen LogP contribution in [0.1, 0.15) is 27.2 Å². The molecule has 7 nitrogen and oxygen atoms in total. The normalized spacial score (nSPS) is 18.2. The van der Waals surface area contributed by atoms with E-state index in [1.54, 1.807) is 39.2 Å². The molecule has 0 aromatic carbocycles. The molecule has 1 atom stereocenters. The van der Waals surface area contributed by atoms with E-state index in [1.807, 2.05) is 12.1 Å². The summed E-state index contributed by atoms with van der Waals surface area (Å²) in [6.45, 7) is 4.26. The zero-order valence-electron chi connectivity index (χ0n) is 17.9. The summed E-state index contributed by atoms with van der Waals surface area (Å²) in [5.74, 6) is -2.60. The van der Waals surface area contributed by atoms with Gasteiger partial charge >= 0.3 is 6.09 Å². The van der Waals surface area contributed by atoms with E-state index in [-0.39, 0.29) is 6.61 Å². The summed E-state index contributed by atoms with van der Waals surface area (Å²) in [5, 5.41) is 0. The van der Waals surface area contributed by atoms with E-state index in [1.165, 1.54) is 6.20 Å². The quantitative estimate of drug-likeness (QED) is 0.509. The number of aromatic nitrogens is 3. The molecule has 0 saturated carbocycles. The van der Waals surface area contributed by atoms with Gasteiger partial charge in [0.15, 0.2) is 0 Å². The van der Waals surface area contributed by atoms with Crippen LogP contribution in [0.3, 0.4) is 0 Å². The standard InChI is InChI=1S/C22H23BrF2N4O3/c1-21(2,3)32-20(30)29-12-22(24,25)9-13(29)11-31-16-10-26-8-6-14(16)18-17(23)19-15(28-18)5-4-7-27-19/h4-8,10,13,28H,9,11-12H2,1-3H3/t13-/m0/s1. The number of hydrogen-bond donors (Lipinski definition) is 1. The maximum absolute atomic E-state index is 14.1. The average molecular weight is 509 g/mol. The van der Waals surface area contributed by atoms with E-state index < -0.39 is 36.6 Å². The van der Waals surface area contributed by atoms with Crippen LogP contribution in [0, 0.1) is 0 Å². The Morgan fingerprint density at radius 1 is 1.34 bits per heavy atom. The number of carbonyl (C=O) groups is 1. The minimum atomic E-state index is -3.01. The zero-order chi connectivity index (χ0) is 23.1. The monoisotopic (exact) mass is 508 g/mol. The van der Waals surface area contributed by atoms with Gasteiger partial charge in [-0.1, -0.05) is 0 Å². The summed E-state index contributed by atoms with van der Waals surface area (Å²) < 4.78 is 40.3. The first kappa shape index (κ1) is 22.4. The number of pyridine rings is 2. The van der Waals surface area contributed by atoms with Crippen LogP contribution < -0.4 is 4.74 Å². The van der Waals surface area contributed by atoms with Crippen LogP contribution in [0.15, 0.2) is 41.3 Å². The first-order valence-electron chi connectivity index (χ1n) is 10.1. The SMILES string of the molecule is CC(C)(C)OC(=O)N1CC(F)(F)C[C@H]1COc1cnccc1-c1[nH]c2cccnc2c1Br. The second-order valence-corrected chi connectivity index (χ2v) is 9.51. The number of ether oxygens (including phenoxy) is 2. The Labute approximate surface area is 192 Å². The Bertz CT molecular complexity index is 1150. The van der Waals surface area contributed by atoms with Crippen LogP contribution in [0.2, 0.25) is 0 Å². The number of likely N-dealkylation sites (tertiary alicyclic amines) is 1. The van der Waals surface area contributed by atoms with Gasteiger partial charge < -0.3 is 14.5 Å². The van der Waals surface area contributed by atoms with Gasteiger partial charge in [0.25, 0.3) is 5.92 Å². The fourth-order valence-electron chi connectivity index (χ4n) is 3.64. The van der Waals surface area contributed by atoms with Crippen LogP contribution in [0.25, 0.3) is 22.3 Å². The summed E-state index contributed by atoms with van der Waals surface area (Å²) in [5.41, 5.74) is 2.24. The van der Waals surface area contributed by atoms with Gasteiger partial charge in [0, 0.05) is 24.4 Å². The zero-order valence-corrected chi connectivity index (χ0v) is 19.4. The molecule has 170 valence electrons. The van der Waals surface area contributed by atoms with Gasteiger partial charge in [0.2, 0.25) is 0 Å². The van der Waals surface area contributed by atoms with Crippen molar-refractivity contribution in [3.05, 3.63) is 41.3 Å². The predicted octanol–water partition coefficient (Wildman–Crippen LogP) is 5.41. The van der Waals surface area contributed by atoms with E-state index >= 15 is 0 Å². The molecule has 0 radical (unpaired) electrons. The van der Waals surface area contributed by atoms with Gasteiger partial charge in [-0.05, 0) is 54.9 Å². The number of nitrogens with zero attached hydrogens (tertiary/aromatic N) is 3. The lowest BCUT2D eigenvalue weighted by Crippen LogP contribution is -2.42. The van der Waals surface area contributed by atoms with Gasteiger partial charge in [-0.2, -0.15) is 0 Å². The summed E-state index contributed by atoms with van der Waals surface area (Å²) in [6, 6.07) is 4.66. The lowest BCUT2D eigenvalue weighted by atomic mass is 10.1. The molecule has 1 N–H and O–H groups in total. The predicted molar refractivity (Wildman–Crippen MR) is 119 cm³/mol. The van der Waals surface area contributed by atoms with Crippen molar-refractivity contribution in [1.82, 2.24) is 19.9 Å². The van der Waals surface area contributed by atoms with Crippen LogP contribution in [0.4, 0.5) is 13.6 Å². The second-order valence-electron chi connectivity index (χ2n) is 8.72. The van der Waals surface area contributed by atoms with E-state index in [0.717, 1.165) is 26.1 Å². The second kappa shape index (κ2) is 8.31. The smallest absolute Gasteiger partial charge is 0.410 e. The average Bonchev–Trinajstić information content (AvgIpc) is 3.22. The van der Waals surface area contributed by atoms with Crippen molar-refractivity contribution in [3.8, 4) is 17.0 Å². The summed E-state index contributed by atoms with van der Waals surface area (Å²) in [4.78, 5) is 25.3. The third-order valence-electron chi connectivity index (χ3n) is 4.98. The third kappa shape index (κ3) is 4.69. The van der Waals surface area contributed by atoms with Gasteiger partial charge in [-0.25, -0.2) is 13.6 Å². The maximum Gasteiger partial charge on any atom is 0.410 e. The van der Waals surface area contributed by atoms with E-state index in [0.29, 0.717) is 11.3 Å². The number of hydrogen-bond acceptors (Lipinski definition) is 5. The minimum Gasteiger partial charge on any atom is -0.489 e. The number of aromatic amines is 1. The number of rotatable bonds is 4. The first-order chi connectivity index (χ1) is 15.0. The van der Waals surface area contributed by atoms with E-state index in [2.05, 4.69) is 30.9 Å². The highest BCUT2D eigenvalue weighted by molar-refractivity contribution is 9.10. The molecular weight excluding hydrogens is 486 g/mol. The van der Waals surface area contributed by atoms with Crippen molar-refractivity contribution in [2.75, 3.05) is 13.2 Å². The molecule has 1 saturated heterocycles. The minimum absolute atomic E-state index is 0.121. The van der Waals surface area contributed by atoms with Crippen LogP contribution in [-0.2, 0) is 4.74 Å². The Kier molecular flexibility index (Phi) is 5.83. The Balaban J connectivity index is 1.57. The van der Waals surface area contributed by atoms with Crippen molar-refractivity contribution in [2.24, 2.45) is 0 Å².